The van der Waals surface area contributed by atoms with Crippen LogP contribution in [0.4, 0.5) is 0 Å². The molecule has 0 spiro atoms. The highest BCUT2D eigenvalue weighted by atomic mass is 31.1. The second-order valence-corrected chi connectivity index (χ2v) is 11.7. The van der Waals surface area contributed by atoms with Crippen molar-refractivity contribution < 1.29 is 71.2 Å². The number of nitrogens with zero attached hydrogens (tertiary/aromatic N) is 1. The standard InChI is InChI=1S/C22H27NO15P4/c24-13-22(14-25,15-26)23(7-16-1-18(9-35-39(27)28)5-19(2-16)10-36-40(29)30)8-17-3-20(11-37-41(31)32)6-21(4-17)12-38-42(33)34/h1-6,24-26H,7-15H2. The molecule has 0 aliphatic heterocycles. The Balaban J connectivity index is 2.54. The van der Waals surface area contributed by atoms with E-state index in [1.165, 1.54) is 41.3 Å². The van der Waals surface area contributed by atoms with Crippen molar-refractivity contribution >= 4 is 33.0 Å². The zero-order chi connectivity index (χ0) is 31.3. The summed E-state index contributed by atoms with van der Waals surface area (Å²) in [4.78, 5) is 45.2. The molecule has 0 aromatic heterocycles. The maximum absolute atomic E-state index is 10.9. The summed E-state index contributed by atoms with van der Waals surface area (Å²) in [6.45, 7) is -3.93. The fourth-order valence-corrected chi connectivity index (χ4v) is 5.00. The Morgan fingerprint density at radius 1 is 0.524 bits per heavy atom. The molecule has 16 nitrogen and oxygen atoms in total. The van der Waals surface area contributed by atoms with E-state index in [1.54, 1.807) is 0 Å². The molecule has 0 bridgehead atoms. The highest BCUT2D eigenvalue weighted by Gasteiger charge is 2.36. The van der Waals surface area contributed by atoms with Gasteiger partial charge in [-0.2, -0.15) is 0 Å². The third-order valence-corrected chi connectivity index (χ3v) is 7.23. The van der Waals surface area contributed by atoms with Gasteiger partial charge < -0.3 is 34.9 Å². The predicted molar refractivity (Wildman–Crippen MR) is 136 cm³/mol. The fourth-order valence-electron chi connectivity index (χ4n) is 3.99. The van der Waals surface area contributed by atoms with Crippen molar-refractivity contribution in [3.8, 4) is 0 Å². The lowest BCUT2D eigenvalue weighted by atomic mass is 9.96. The van der Waals surface area contributed by atoms with Gasteiger partial charge in [-0.15, -0.1) is 18.1 Å². The summed E-state index contributed by atoms with van der Waals surface area (Å²) >= 11 is 0. The van der Waals surface area contributed by atoms with Gasteiger partial charge >= 0.3 is 33.0 Å². The lowest BCUT2D eigenvalue weighted by Gasteiger charge is -2.40. The molecule has 42 heavy (non-hydrogen) atoms. The summed E-state index contributed by atoms with van der Waals surface area (Å²) in [5.74, 6) is 0. The number of hydrogen-bond donors (Lipinski definition) is 3. The highest BCUT2D eigenvalue weighted by molar-refractivity contribution is 7.31. The first kappa shape index (κ1) is 36.6. The van der Waals surface area contributed by atoms with Gasteiger partial charge in [0, 0.05) is 13.1 Å². The minimum Gasteiger partial charge on any atom is -0.566 e. The number of aliphatic hydroxyl groups excluding tert-OH is 3. The summed E-state index contributed by atoms with van der Waals surface area (Å²) in [5.41, 5.74) is 0.520. The van der Waals surface area contributed by atoms with Crippen molar-refractivity contribution in [2.45, 2.75) is 45.1 Å². The van der Waals surface area contributed by atoms with Crippen LogP contribution >= 0.6 is 33.0 Å². The summed E-state index contributed by atoms with van der Waals surface area (Å²) in [5, 5.41) is 30.6. The van der Waals surface area contributed by atoms with Gasteiger partial charge in [0.25, 0.3) is 0 Å². The molecule has 230 valence electrons. The lowest BCUT2D eigenvalue weighted by Crippen LogP contribution is -2.56. The molecule has 4 unspecified atom stereocenters. The summed E-state index contributed by atoms with van der Waals surface area (Å²) in [6.07, 6.45) is 0. The van der Waals surface area contributed by atoms with Gasteiger partial charge in [0.2, 0.25) is 0 Å². The second-order valence-electron chi connectivity index (χ2n) is 8.86. The van der Waals surface area contributed by atoms with E-state index in [-0.39, 0.29) is 39.5 Å². The van der Waals surface area contributed by atoms with Crippen LogP contribution in [-0.4, -0.2) is 45.6 Å². The molecule has 0 aliphatic rings. The van der Waals surface area contributed by atoms with Gasteiger partial charge in [-0.25, -0.2) is 0 Å². The van der Waals surface area contributed by atoms with Crippen molar-refractivity contribution in [1.82, 2.24) is 4.90 Å². The van der Waals surface area contributed by atoms with E-state index >= 15 is 0 Å². The van der Waals surface area contributed by atoms with Crippen LogP contribution in [0.1, 0.15) is 33.4 Å². The first-order valence-corrected chi connectivity index (χ1v) is 16.2. The lowest BCUT2D eigenvalue weighted by molar-refractivity contribution is -0.187. The molecule has 4 atom stereocenters. The Kier molecular flexibility index (Phi) is 15.9. The highest BCUT2D eigenvalue weighted by Crippen LogP contribution is 2.27. The molecule has 0 fully saturated rings. The molecule has 20 heteroatoms. The third kappa shape index (κ3) is 12.5. The van der Waals surface area contributed by atoms with Crippen molar-refractivity contribution in [2.75, 3.05) is 19.8 Å². The largest absolute Gasteiger partial charge is 0.566 e. The van der Waals surface area contributed by atoms with Gasteiger partial charge in [-0.3, -0.25) is 4.90 Å². The summed E-state index contributed by atoms with van der Waals surface area (Å²) in [7, 11) is -12.8. The first-order chi connectivity index (χ1) is 19.9. The first-order valence-electron chi connectivity index (χ1n) is 11.8. The number of aliphatic hydroxyl groups is 3. The molecule has 2 aromatic rings. The van der Waals surface area contributed by atoms with Crippen molar-refractivity contribution in [1.29, 1.82) is 0 Å². The third-order valence-electron chi connectivity index (χ3n) is 5.87. The van der Waals surface area contributed by atoms with E-state index in [0.717, 1.165) is 0 Å². The maximum Gasteiger partial charge on any atom is 0.488 e. The molecule has 3 N–H and O–H groups in total. The normalized spacial score (nSPS) is 13.3. The molecule has 0 radical (unpaired) electrons. The second kappa shape index (κ2) is 18.2. The number of benzene rings is 2. The Bertz CT molecular complexity index is 1090. The Morgan fingerprint density at radius 2 is 0.762 bits per heavy atom. The van der Waals surface area contributed by atoms with E-state index in [1.807, 2.05) is 0 Å². The molecular formula is C22H27NO15P4. The van der Waals surface area contributed by atoms with Crippen molar-refractivity contribution in [2.24, 2.45) is 0 Å². The molecule has 0 saturated carbocycles. The average Bonchev–Trinajstić information content (AvgIpc) is 2.94. The fraction of sp³-hybridized carbons (Fsp3) is 0.455. The molecule has 0 aliphatic carbocycles. The summed E-state index contributed by atoms with van der Waals surface area (Å²) < 4.78 is 62.4. The molecular weight excluding hydrogens is 642 g/mol. The van der Waals surface area contributed by atoms with E-state index in [9.17, 15) is 53.2 Å². The SMILES string of the molecule is O=[P+]([O-])OCc1cc(CO[P+](=O)[O-])cc(CN(Cc2cc(CO[P+](=O)[O-])cc(CO[P+](=O)[O-])c2)C(CO)(CO)CO)c1. The van der Waals surface area contributed by atoms with Crippen LogP contribution in [0.2, 0.25) is 0 Å². The Hall–Kier alpha value is -1.64. The smallest absolute Gasteiger partial charge is 0.488 e. The van der Waals surface area contributed by atoms with Gasteiger partial charge in [0.05, 0.1) is 25.4 Å². The van der Waals surface area contributed by atoms with E-state index in [0.29, 0.717) is 33.4 Å². The molecule has 0 amide bonds. The van der Waals surface area contributed by atoms with Crippen LogP contribution in [-0.2, 0) is 75.9 Å². The average molecular weight is 669 g/mol. The van der Waals surface area contributed by atoms with Crippen LogP contribution in [0.15, 0.2) is 36.4 Å². The van der Waals surface area contributed by atoms with E-state index < -0.39 is 58.4 Å². The zero-order valence-electron chi connectivity index (χ0n) is 21.8. The molecule has 2 aromatic carbocycles. The van der Waals surface area contributed by atoms with E-state index in [2.05, 4.69) is 18.1 Å². The Morgan fingerprint density at radius 3 is 0.976 bits per heavy atom. The van der Waals surface area contributed by atoms with Gasteiger partial charge in [0.1, 0.15) is 26.4 Å². The van der Waals surface area contributed by atoms with Crippen molar-refractivity contribution in [3.63, 3.8) is 0 Å². The summed E-state index contributed by atoms with van der Waals surface area (Å²) in [6, 6.07) is 9.04. The van der Waals surface area contributed by atoms with Gasteiger partial charge in [-0.05, 0) is 51.6 Å². The van der Waals surface area contributed by atoms with Crippen LogP contribution in [0, 0.1) is 0 Å². The minimum atomic E-state index is -3.19. The van der Waals surface area contributed by atoms with Crippen LogP contribution < -0.4 is 19.6 Å². The topological polar surface area (TPSA) is 261 Å². The predicted octanol–water partition coefficient (Wildman–Crippen LogP) is -0.458. The number of rotatable bonds is 20. The monoisotopic (exact) mass is 669 g/mol. The molecule has 0 saturated heterocycles. The minimum absolute atomic E-state index is 0.110. The van der Waals surface area contributed by atoms with E-state index in [4.69, 9.17) is 0 Å². The maximum atomic E-state index is 10.9. The molecule has 0 heterocycles. The van der Waals surface area contributed by atoms with Crippen LogP contribution in [0.25, 0.3) is 0 Å². The van der Waals surface area contributed by atoms with Crippen LogP contribution in [0.3, 0.4) is 0 Å². The van der Waals surface area contributed by atoms with Gasteiger partial charge in [0.15, 0.2) is 0 Å². The Labute approximate surface area is 243 Å². The zero-order valence-corrected chi connectivity index (χ0v) is 25.4. The van der Waals surface area contributed by atoms with Crippen LogP contribution in [0.5, 0.6) is 0 Å². The quantitative estimate of drug-likeness (QED) is 0.151. The molecule has 2 rings (SSSR count). The van der Waals surface area contributed by atoms with Crippen molar-refractivity contribution in [3.05, 3.63) is 69.8 Å². The number of hydrogen-bond acceptors (Lipinski definition) is 16. The van der Waals surface area contributed by atoms with Gasteiger partial charge in [-0.1, -0.05) is 36.4 Å².